The molecule has 0 heterocycles. The number of benzene rings is 3. The van der Waals surface area contributed by atoms with Gasteiger partial charge in [0.15, 0.2) is 0 Å². The zero-order valence-corrected chi connectivity index (χ0v) is 15.5. The van der Waals surface area contributed by atoms with E-state index >= 15 is 0 Å². The van der Waals surface area contributed by atoms with E-state index in [2.05, 4.69) is 10.6 Å². The Morgan fingerprint density at radius 1 is 0.815 bits per heavy atom. The van der Waals surface area contributed by atoms with Crippen LogP contribution in [0.5, 0.6) is 0 Å². The normalized spacial score (nSPS) is 10.3. The maximum absolute atomic E-state index is 12.3. The van der Waals surface area contributed by atoms with Crippen molar-refractivity contribution in [3.8, 4) is 0 Å². The van der Waals surface area contributed by atoms with E-state index in [-0.39, 0.29) is 0 Å². The first kappa shape index (κ1) is 18.5. The van der Waals surface area contributed by atoms with Crippen molar-refractivity contribution in [1.29, 1.82) is 0 Å². The van der Waals surface area contributed by atoms with Crippen LogP contribution in [0.25, 0.3) is 0 Å². The Kier molecular flexibility index (Phi) is 5.78. The summed E-state index contributed by atoms with van der Waals surface area (Å²) < 4.78 is 0. The molecule has 0 aliphatic rings. The second kappa shape index (κ2) is 8.42. The zero-order valence-electron chi connectivity index (χ0n) is 14.7. The topological polar surface area (TPSA) is 84.2 Å². The average molecular weight is 377 g/mol. The maximum Gasteiger partial charge on any atom is 0.314 e. The Bertz CT molecular complexity index is 974. The molecule has 0 atom stereocenters. The van der Waals surface area contributed by atoms with Crippen LogP contribution in [0.15, 0.2) is 82.6 Å². The third-order valence-corrected chi connectivity index (χ3v) is 4.85. The molecule has 0 aliphatic carbocycles. The van der Waals surface area contributed by atoms with Crippen LogP contribution in [0.3, 0.4) is 0 Å². The van der Waals surface area contributed by atoms with Crippen molar-refractivity contribution in [2.24, 2.45) is 0 Å². The fourth-order valence-corrected chi connectivity index (χ4v) is 3.33. The molecule has 0 spiro atoms. The summed E-state index contributed by atoms with van der Waals surface area (Å²) in [4.78, 5) is 26.5. The highest BCUT2D eigenvalue weighted by molar-refractivity contribution is 7.99. The molecular weight excluding hydrogens is 358 g/mol. The fourth-order valence-electron chi connectivity index (χ4n) is 2.41. The summed E-state index contributed by atoms with van der Waals surface area (Å²) in [5, 5.41) is 5.23. The first-order chi connectivity index (χ1) is 13.0. The number of hydrogen-bond donors (Lipinski definition) is 3. The molecule has 0 bridgehead atoms. The summed E-state index contributed by atoms with van der Waals surface area (Å²) in [6.45, 7) is 1.88. The van der Waals surface area contributed by atoms with Gasteiger partial charge in [0.1, 0.15) is 0 Å². The van der Waals surface area contributed by atoms with Crippen molar-refractivity contribution in [1.82, 2.24) is 0 Å². The minimum Gasteiger partial charge on any atom is -0.397 e. The summed E-state index contributed by atoms with van der Waals surface area (Å²) in [6, 6.07) is 22.4. The zero-order chi connectivity index (χ0) is 19.2. The molecule has 3 aromatic rings. The van der Waals surface area contributed by atoms with Gasteiger partial charge in [-0.15, -0.1) is 0 Å². The van der Waals surface area contributed by atoms with Gasteiger partial charge < -0.3 is 16.4 Å². The molecule has 0 saturated carbocycles. The molecule has 0 aliphatic heterocycles. The highest BCUT2D eigenvalue weighted by atomic mass is 32.2. The standard InChI is InChI=1S/C21H19N3O2S/c1-14-11-12-16(22)18(13-14)24-21(26)20(25)23-17-9-5-6-10-19(17)27-15-7-3-2-4-8-15/h2-13H,22H2,1H3,(H,23,25)(H,24,26). The summed E-state index contributed by atoms with van der Waals surface area (Å²) in [7, 11) is 0. The van der Waals surface area contributed by atoms with Gasteiger partial charge >= 0.3 is 11.8 Å². The minimum absolute atomic E-state index is 0.404. The van der Waals surface area contributed by atoms with E-state index < -0.39 is 11.8 Å². The van der Waals surface area contributed by atoms with E-state index in [1.54, 1.807) is 24.3 Å². The van der Waals surface area contributed by atoms with Crippen LogP contribution in [0.1, 0.15) is 5.56 Å². The Morgan fingerprint density at radius 3 is 2.19 bits per heavy atom. The third-order valence-electron chi connectivity index (χ3n) is 3.77. The van der Waals surface area contributed by atoms with Crippen LogP contribution >= 0.6 is 11.8 Å². The van der Waals surface area contributed by atoms with Crippen molar-refractivity contribution >= 4 is 40.6 Å². The largest absolute Gasteiger partial charge is 0.397 e. The lowest BCUT2D eigenvalue weighted by Crippen LogP contribution is -2.29. The van der Waals surface area contributed by atoms with Crippen LogP contribution in [0.2, 0.25) is 0 Å². The van der Waals surface area contributed by atoms with Crippen molar-refractivity contribution in [2.45, 2.75) is 16.7 Å². The molecule has 2 amide bonds. The van der Waals surface area contributed by atoms with Gasteiger partial charge in [-0.1, -0.05) is 48.2 Å². The van der Waals surface area contributed by atoms with Crippen molar-refractivity contribution in [3.63, 3.8) is 0 Å². The van der Waals surface area contributed by atoms with E-state index in [0.29, 0.717) is 17.1 Å². The Labute approximate surface area is 162 Å². The van der Waals surface area contributed by atoms with E-state index in [1.807, 2.05) is 55.5 Å². The first-order valence-corrected chi connectivity index (χ1v) is 9.15. The maximum atomic E-state index is 12.3. The molecular formula is C21H19N3O2S. The number of nitrogen functional groups attached to an aromatic ring is 1. The van der Waals surface area contributed by atoms with Gasteiger partial charge in [-0.05, 0) is 48.9 Å². The predicted octanol–water partition coefficient (Wildman–Crippen LogP) is 4.31. The lowest BCUT2D eigenvalue weighted by molar-refractivity contribution is -0.133. The molecule has 136 valence electrons. The summed E-state index contributed by atoms with van der Waals surface area (Å²) in [6.07, 6.45) is 0. The van der Waals surface area contributed by atoms with E-state index in [1.165, 1.54) is 11.8 Å². The molecule has 3 aromatic carbocycles. The van der Waals surface area contributed by atoms with E-state index in [9.17, 15) is 9.59 Å². The second-order valence-electron chi connectivity index (χ2n) is 5.91. The lowest BCUT2D eigenvalue weighted by atomic mass is 10.2. The Hall–Kier alpha value is -3.25. The first-order valence-electron chi connectivity index (χ1n) is 8.33. The summed E-state index contributed by atoms with van der Waals surface area (Å²) >= 11 is 1.51. The number of aryl methyl sites for hydroxylation is 1. The fraction of sp³-hybridized carbons (Fsp3) is 0.0476. The molecule has 3 rings (SSSR count). The van der Waals surface area contributed by atoms with Crippen LogP contribution in [0, 0.1) is 6.92 Å². The summed E-state index contributed by atoms with van der Waals surface area (Å²) in [5.41, 5.74) is 8.18. The van der Waals surface area contributed by atoms with Crippen LogP contribution in [-0.4, -0.2) is 11.8 Å². The average Bonchev–Trinajstić information content (AvgIpc) is 2.67. The number of rotatable bonds is 4. The van der Waals surface area contributed by atoms with Crippen LogP contribution in [-0.2, 0) is 9.59 Å². The molecule has 0 fully saturated rings. The third kappa shape index (κ3) is 4.89. The van der Waals surface area contributed by atoms with E-state index in [4.69, 9.17) is 5.73 Å². The van der Waals surface area contributed by atoms with Crippen LogP contribution in [0.4, 0.5) is 17.1 Å². The van der Waals surface area contributed by atoms with Gasteiger partial charge in [-0.25, -0.2) is 0 Å². The molecule has 0 saturated heterocycles. The number of nitrogens with one attached hydrogen (secondary N) is 2. The highest BCUT2D eigenvalue weighted by Crippen LogP contribution is 2.33. The van der Waals surface area contributed by atoms with Crippen molar-refractivity contribution in [3.05, 3.63) is 78.4 Å². The Morgan fingerprint density at radius 2 is 1.44 bits per heavy atom. The molecule has 5 nitrogen and oxygen atoms in total. The molecule has 27 heavy (non-hydrogen) atoms. The number of carbonyl (C=O) groups excluding carboxylic acids is 2. The number of para-hydroxylation sites is 1. The SMILES string of the molecule is Cc1ccc(N)c(NC(=O)C(=O)Nc2ccccc2Sc2ccccc2)c1. The second-order valence-corrected chi connectivity index (χ2v) is 7.03. The molecule has 0 radical (unpaired) electrons. The van der Waals surface area contributed by atoms with Gasteiger partial charge in [0.25, 0.3) is 0 Å². The van der Waals surface area contributed by atoms with E-state index in [0.717, 1.165) is 15.4 Å². The monoisotopic (exact) mass is 377 g/mol. The van der Waals surface area contributed by atoms with Crippen LogP contribution < -0.4 is 16.4 Å². The van der Waals surface area contributed by atoms with Gasteiger partial charge in [-0.3, -0.25) is 9.59 Å². The van der Waals surface area contributed by atoms with Gasteiger partial charge in [-0.2, -0.15) is 0 Å². The van der Waals surface area contributed by atoms with Gasteiger partial charge in [0, 0.05) is 9.79 Å². The molecule has 6 heteroatoms. The molecule has 0 unspecified atom stereocenters. The Balaban J connectivity index is 1.72. The number of amides is 2. The number of nitrogens with two attached hydrogens (primary N) is 1. The smallest absolute Gasteiger partial charge is 0.314 e. The summed E-state index contributed by atoms with van der Waals surface area (Å²) in [5.74, 6) is -1.52. The minimum atomic E-state index is -0.771. The number of hydrogen-bond acceptors (Lipinski definition) is 4. The quantitative estimate of drug-likeness (QED) is 0.467. The van der Waals surface area contributed by atoms with Crippen molar-refractivity contribution < 1.29 is 9.59 Å². The van der Waals surface area contributed by atoms with Gasteiger partial charge in [0.2, 0.25) is 0 Å². The molecule has 0 aromatic heterocycles. The van der Waals surface area contributed by atoms with Crippen molar-refractivity contribution in [2.75, 3.05) is 16.4 Å². The lowest BCUT2D eigenvalue weighted by Gasteiger charge is -2.12. The highest BCUT2D eigenvalue weighted by Gasteiger charge is 2.17. The number of anilines is 3. The van der Waals surface area contributed by atoms with Gasteiger partial charge in [0.05, 0.1) is 17.1 Å². The number of carbonyl (C=O) groups is 2. The predicted molar refractivity (Wildman–Crippen MR) is 110 cm³/mol. The molecule has 4 N–H and O–H groups in total.